The number of rotatable bonds is 11. The normalized spacial score (nSPS) is 12.8. The van der Waals surface area contributed by atoms with Gasteiger partial charge in [0.25, 0.3) is 0 Å². The molecule has 3 N–H and O–H groups in total. The molecule has 7 heteroatoms. The lowest BCUT2D eigenvalue weighted by Gasteiger charge is -2.21. The summed E-state index contributed by atoms with van der Waals surface area (Å²) in [5, 5.41) is 9.45. The van der Waals surface area contributed by atoms with Gasteiger partial charge in [-0.2, -0.15) is 0 Å². The molecule has 0 bridgehead atoms. The number of nitrogens with one attached hydrogen (secondary N) is 3. The predicted molar refractivity (Wildman–Crippen MR) is 114 cm³/mol. The van der Waals surface area contributed by atoms with Gasteiger partial charge in [0.15, 0.2) is 5.96 Å². The highest BCUT2D eigenvalue weighted by atomic mass is 127. The third-order valence-electron chi connectivity index (χ3n) is 3.71. The average molecular weight is 455 g/mol. The van der Waals surface area contributed by atoms with E-state index in [2.05, 4.69) is 46.6 Å². The lowest BCUT2D eigenvalue weighted by molar-refractivity contribution is -0.121. The predicted octanol–water partition coefficient (Wildman–Crippen LogP) is 2.19. The van der Waals surface area contributed by atoms with E-state index in [-0.39, 0.29) is 35.9 Å². The van der Waals surface area contributed by atoms with Crippen molar-refractivity contribution in [1.29, 1.82) is 0 Å². The molecule has 0 aliphatic rings. The van der Waals surface area contributed by atoms with Crippen LogP contribution in [0.3, 0.4) is 0 Å². The number of carbonyl (C=O) groups excluding carboxylic acids is 1. The van der Waals surface area contributed by atoms with Gasteiger partial charge in [-0.3, -0.25) is 9.79 Å². The van der Waals surface area contributed by atoms with Gasteiger partial charge >= 0.3 is 0 Å². The Kier molecular flexibility index (Phi) is 17.0. The van der Waals surface area contributed by atoms with E-state index < -0.39 is 0 Å². The molecule has 1 unspecified atom stereocenters. The van der Waals surface area contributed by atoms with E-state index in [9.17, 15) is 4.79 Å². The molecule has 0 saturated carbocycles. The number of halogens is 1. The van der Waals surface area contributed by atoms with Crippen molar-refractivity contribution in [2.75, 3.05) is 33.2 Å². The van der Waals surface area contributed by atoms with E-state index in [1.807, 2.05) is 13.8 Å². The van der Waals surface area contributed by atoms with Gasteiger partial charge in [0.1, 0.15) is 0 Å². The molecule has 0 aromatic heterocycles. The molecule has 6 nitrogen and oxygen atoms in total. The molecule has 0 aliphatic carbocycles. The number of hydrogen-bond donors (Lipinski definition) is 3. The summed E-state index contributed by atoms with van der Waals surface area (Å²) >= 11 is 0. The first kappa shape index (κ1) is 25.7. The second-order valence-electron chi connectivity index (χ2n) is 6.19. The summed E-state index contributed by atoms with van der Waals surface area (Å²) in [6, 6.07) is 0.548. The average Bonchev–Trinajstić information content (AvgIpc) is 2.49. The van der Waals surface area contributed by atoms with E-state index in [1.54, 1.807) is 7.05 Å². The first-order valence-electron chi connectivity index (χ1n) is 8.91. The minimum Gasteiger partial charge on any atom is -0.356 e. The van der Waals surface area contributed by atoms with Crippen molar-refractivity contribution in [2.45, 2.75) is 66.0 Å². The summed E-state index contributed by atoms with van der Waals surface area (Å²) in [4.78, 5) is 18.2. The molecule has 0 aromatic rings. The number of amides is 1. The molecule has 1 amide bonds. The van der Waals surface area contributed by atoms with E-state index >= 15 is 0 Å². The van der Waals surface area contributed by atoms with Crippen molar-refractivity contribution in [3.05, 3.63) is 0 Å². The Morgan fingerprint density at radius 1 is 1.12 bits per heavy atom. The van der Waals surface area contributed by atoms with Crippen LogP contribution in [0.4, 0.5) is 0 Å². The standard InChI is InChI=1S/C17H37N5O.HI/c1-7-22(8-2)13-9-10-15(5)21-17(18-6)19-12-11-16(23)20-14(3)4;/h14-15H,7-13H2,1-6H3,(H,20,23)(H2,18,19,21);1H. The quantitative estimate of drug-likeness (QED) is 0.254. The molecule has 0 aromatic carbocycles. The van der Waals surface area contributed by atoms with E-state index in [0.29, 0.717) is 19.0 Å². The zero-order chi connectivity index (χ0) is 17.7. The zero-order valence-corrected chi connectivity index (χ0v) is 18.6. The van der Waals surface area contributed by atoms with Crippen molar-refractivity contribution in [1.82, 2.24) is 20.9 Å². The highest BCUT2D eigenvalue weighted by molar-refractivity contribution is 14.0. The van der Waals surface area contributed by atoms with Crippen molar-refractivity contribution in [2.24, 2.45) is 4.99 Å². The van der Waals surface area contributed by atoms with Gasteiger partial charge < -0.3 is 20.9 Å². The van der Waals surface area contributed by atoms with Crippen molar-refractivity contribution in [3.8, 4) is 0 Å². The van der Waals surface area contributed by atoms with E-state index in [4.69, 9.17) is 0 Å². The number of guanidine groups is 1. The van der Waals surface area contributed by atoms with Gasteiger partial charge in [0, 0.05) is 32.1 Å². The molecular formula is C17H38IN5O. The molecular weight excluding hydrogens is 417 g/mol. The lowest BCUT2D eigenvalue weighted by atomic mass is 10.2. The van der Waals surface area contributed by atoms with Crippen LogP contribution >= 0.6 is 24.0 Å². The minimum absolute atomic E-state index is 0. The van der Waals surface area contributed by atoms with Gasteiger partial charge in [0.2, 0.25) is 5.91 Å². The summed E-state index contributed by atoms with van der Waals surface area (Å²) in [5.74, 6) is 0.827. The van der Waals surface area contributed by atoms with Gasteiger partial charge in [-0.05, 0) is 53.2 Å². The summed E-state index contributed by atoms with van der Waals surface area (Å²) in [5.41, 5.74) is 0. The van der Waals surface area contributed by atoms with Crippen LogP contribution in [0.2, 0.25) is 0 Å². The monoisotopic (exact) mass is 455 g/mol. The number of aliphatic imine (C=N–C) groups is 1. The summed E-state index contributed by atoms with van der Waals surface area (Å²) < 4.78 is 0. The largest absolute Gasteiger partial charge is 0.356 e. The Labute approximate surface area is 165 Å². The number of carbonyl (C=O) groups is 1. The maximum atomic E-state index is 11.6. The van der Waals surface area contributed by atoms with Crippen molar-refractivity contribution >= 4 is 35.8 Å². The Bertz CT molecular complexity index is 346. The first-order chi connectivity index (χ1) is 10.9. The van der Waals surface area contributed by atoms with Crippen LogP contribution in [-0.2, 0) is 4.79 Å². The fraction of sp³-hybridized carbons (Fsp3) is 0.882. The SMILES string of the molecule is CCN(CC)CCCC(C)NC(=NC)NCCC(=O)NC(C)C.I. The minimum atomic E-state index is 0. The topological polar surface area (TPSA) is 68.8 Å². The van der Waals surface area contributed by atoms with Crippen LogP contribution in [0, 0.1) is 0 Å². The lowest BCUT2D eigenvalue weighted by Crippen LogP contribution is -2.43. The van der Waals surface area contributed by atoms with Gasteiger partial charge in [-0.25, -0.2) is 0 Å². The summed E-state index contributed by atoms with van der Waals surface area (Å²) in [7, 11) is 1.76. The Morgan fingerprint density at radius 3 is 2.25 bits per heavy atom. The van der Waals surface area contributed by atoms with Crippen LogP contribution in [0.25, 0.3) is 0 Å². The highest BCUT2D eigenvalue weighted by Gasteiger charge is 2.07. The second-order valence-corrected chi connectivity index (χ2v) is 6.19. The maximum Gasteiger partial charge on any atom is 0.221 e. The molecule has 0 heterocycles. The fourth-order valence-electron chi connectivity index (χ4n) is 2.35. The molecule has 0 aliphatic heterocycles. The van der Waals surface area contributed by atoms with Gasteiger partial charge in [-0.15, -0.1) is 24.0 Å². The molecule has 0 spiro atoms. The fourth-order valence-corrected chi connectivity index (χ4v) is 2.35. The molecule has 24 heavy (non-hydrogen) atoms. The number of nitrogens with zero attached hydrogens (tertiary/aromatic N) is 2. The van der Waals surface area contributed by atoms with E-state index in [0.717, 1.165) is 32.0 Å². The van der Waals surface area contributed by atoms with Crippen molar-refractivity contribution in [3.63, 3.8) is 0 Å². The second kappa shape index (κ2) is 15.9. The number of hydrogen-bond acceptors (Lipinski definition) is 3. The zero-order valence-electron chi connectivity index (χ0n) is 16.3. The Balaban J connectivity index is 0. The van der Waals surface area contributed by atoms with Crippen LogP contribution in [0.15, 0.2) is 4.99 Å². The molecule has 0 radical (unpaired) electrons. The Morgan fingerprint density at radius 2 is 1.75 bits per heavy atom. The van der Waals surface area contributed by atoms with Gasteiger partial charge in [-0.1, -0.05) is 13.8 Å². The third-order valence-corrected chi connectivity index (χ3v) is 3.71. The Hall–Kier alpha value is -0.570. The van der Waals surface area contributed by atoms with Crippen LogP contribution in [0.1, 0.15) is 53.9 Å². The smallest absolute Gasteiger partial charge is 0.221 e. The third kappa shape index (κ3) is 13.8. The molecule has 144 valence electrons. The maximum absolute atomic E-state index is 11.6. The van der Waals surface area contributed by atoms with Crippen LogP contribution < -0.4 is 16.0 Å². The molecule has 1 atom stereocenters. The van der Waals surface area contributed by atoms with Gasteiger partial charge in [0.05, 0.1) is 0 Å². The molecule has 0 rings (SSSR count). The van der Waals surface area contributed by atoms with E-state index in [1.165, 1.54) is 6.42 Å². The van der Waals surface area contributed by atoms with Crippen molar-refractivity contribution < 1.29 is 4.79 Å². The highest BCUT2D eigenvalue weighted by Crippen LogP contribution is 1.99. The van der Waals surface area contributed by atoms with Crippen LogP contribution in [0.5, 0.6) is 0 Å². The first-order valence-corrected chi connectivity index (χ1v) is 8.91. The van der Waals surface area contributed by atoms with Crippen LogP contribution in [-0.4, -0.2) is 62.1 Å². The summed E-state index contributed by atoms with van der Waals surface area (Å²) in [6.07, 6.45) is 2.73. The molecule has 0 saturated heterocycles. The summed E-state index contributed by atoms with van der Waals surface area (Å²) in [6.45, 7) is 14.4. The molecule has 0 fully saturated rings.